The molecule has 3 N–H and O–H groups in total. The molecule has 2 aromatic heterocycles. The van der Waals surface area contributed by atoms with Crippen LogP contribution in [0.4, 0.5) is 0 Å². The Labute approximate surface area is 142 Å². The Bertz CT molecular complexity index is 604. The first-order valence-corrected chi connectivity index (χ1v) is 6.90. The van der Waals surface area contributed by atoms with Gasteiger partial charge in [-0.05, 0) is 25.0 Å². The molecule has 6 nitrogen and oxygen atoms in total. The summed E-state index contributed by atoms with van der Waals surface area (Å²) in [6.07, 6.45) is 2.75. The molecule has 2 rings (SSSR count). The maximum absolute atomic E-state index is 12.1. The molecule has 0 radical (unpaired) electrons. The lowest BCUT2D eigenvalue weighted by molar-refractivity contribution is -0.124. The highest BCUT2D eigenvalue weighted by Crippen LogP contribution is 2.13. The summed E-state index contributed by atoms with van der Waals surface area (Å²) in [5.74, 6) is 0.696. The summed E-state index contributed by atoms with van der Waals surface area (Å²) < 4.78 is 1.86. The number of nitrogens with one attached hydrogen (secondary N) is 1. The predicted molar refractivity (Wildman–Crippen MR) is 91.5 cm³/mol. The number of nitrogens with zero attached hydrogens (tertiary/aromatic N) is 3. The Morgan fingerprint density at radius 2 is 2.00 bits per heavy atom. The number of halogens is 2. The van der Waals surface area contributed by atoms with Crippen LogP contribution in [0.1, 0.15) is 39.1 Å². The second-order valence-electron chi connectivity index (χ2n) is 5.13. The van der Waals surface area contributed by atoms with Gasteiger partial charge in [0.2, 0.25) is 5.91 Å². The van der Waals surface area contributed by atoms with Gasteiger partial charge >= 0.3 is 0 Å². The minimum Gasteiger partial charge on any atom is -0.345 e. The van der Waals surface area contributed by atoms with Gasteiger partial charge in [0, 0.05) is 6.20 Å². The second kappa shape index (κ2) is 8.92. The van der Waals surface area contributed by atoms with Crippen molar-refractivity contribution in [3.05, 3.63) is 30.2 Å². The largest absolute Gasteiger partial charge is 0.345 e. The second-order valence-corrected chi connectivity index (χ2v) is 5.13. The first kappa shape index (κ1) is 20.6. The lowest BCUT2D eigenvalue weighted by Crippen LogP contribution is -2.45. The molecule has 0 spiro atoms. The van der Waals surface area contributed by atoms with Crippen molar-refractivity contribution in [3.8, 4) is 0 Å². The number of fused-ring (bicyclic) bond motifs is 1. The van der Waals surface area contributed by atoms with Gasteiger partial charge in [-0.2, -0.15) is 0 Å². The van der Waals surface area contributed by atoms with E-state index >= 15 is 0 Å². The van der Waals surface area contributed by atoms with Crippen LogP contribution in [-0.2, 0) is 4.79 Å². The van der Waals surface area contributed by atoms with Crippen LogP contribution in [0.5, 0.6) is 0 Å². The zero-order valence-electron chi connectivity index (χ0n) is 12.9. The van der Waals surface area contributed by atoms with E-state index in [0.29, 0.717) is 5.82 Å². The molecule has 0 aliphatic carbocycles. The molecule has 22 heavy (non-hydrogen) atoms. The van der Waals surface area contributed by atoms with Crippen LogP contribution in [0.25, 0.3) is 5.65 Å². The number of rotatable bonds is 5. The monoisotopic (exact) mass is 347 g/mol. The maximum atomic E-state index is 12.1. The normalized spacial score (nSPS) is 14.4. The molecule has 0 bridgehead atoms. The van der Waals surface area contributed by atoms with Crippen LogP contribution in [-0.4, -0.2) is 26.5 Å². The van der Waals surface area contributed by atoms with Crippen molar-refractivity contribution in [1.82, 2.24) is 19.9 Å². The molecule has 8 heteroatoms. The number of carbonyl (C=O) groups excluding carboxylic acids is 1. The highest BCUT2D eigenvalue weighted by molar-refractivity contribution is 5.85. The van der Waals surface area contributed by atoms with Crippen LogP contribution in [0, 0.1) is 5.92 Å². The van der Waals surface area contributed by atoms with E-state index in [1.807, 2.05) is 49.6 Å². The minimum atomic E-state index is -0.498. The van der Waals surface area contributed by atoms with Gasteiger partial charge in [-0.25, -0.2) is 0 Å². The number of amides is 1. The molecule has 0 aliphatic heterocycles. The Balaban J connectivity index is 0.00000220. The van der Waals surface area contributed by atoms with Crippen molar-refractivity contribution in [2.24, 2.45) is 11.7 Å². The first-order valence-electron chi connectivity index (χ1n) is 6.90. The Morgan fingerprint density at radius 3 is 2.64 bits per heavy atom. The van der Waals surface area contributed by atoms with Gasteiger partial charge in [-0.3, -0.25) is 9.20 Å². The van der Waals surface area contributed by atoms with Crippen molar-refractivity contribution in [3.63, 3.8) is 0 Å². The summed E-state index contributed by atoms with van der Waals surface area (Å²) in [4.78, 5) is 12.1. The SMILES string of the molecule is CCC(C)C(N)C(=O)NC(C)c1nnc2ccccn12.Cl.Cl. The average molecular weight is 348 g/mol. The van der Waals surface area contributed by atoms with Crippen LogP contribution in [0.2, 0.25) is 0 Å². The molecule has 0 aromatic carbocycles. The quantitative estimate of drug-likeness (QED) is 0.867. The maximum Gasteiger partial charge on any atom is 0.237 e. The standard InChI is InChI=1S/C14H21N5O.2ClH/c1-4-9(2)12(15)14(20)16-10(3)13-18-17-11-7-5-6-8-19(11)13;;/h5-10,12H,4,15H2,1-3H3,(H,16,20);2*1H. The summed E-state index contributed by atoms with van der Waals surface area (Å²) in [7, 11) is 0. The van der Waals surface area contributed by atoms with Gasteiger partial charge in [-0.15, -0.1) is 35.0 Å². The van der Waals surface area contributed by atoms with Crippen LogP contribution in [0.15, 0.2) is 24.4 Å². The molecule has 0 aliphatic rings. The van der Waals surface area contributed by atoms with E-state index in [1.54, 1.807) is 0 Å². The van der Waals surface area contributed by atoms with E-state index in [2.05, 4.69) is 15.5 Å². The third-order valence-electron chi connectivity index (χ3n) is 3.65. The van der Waals surface area contributed by atoms with Crippen LogP contribution in [0.3, 0.4) is 0 Å². The summed E-state index contributed by atoms with van der Waals surface area (Å²) in [5, 5.41) is 11.1. The fraction of sp³-hybridized carbons (Fsp3) is 0.500. The number of hydrogen-bond donors (Lipinski definition) is 2. The molecule has 0 saturated heterocycles. The Kier molecular flexibility index (Phi) is 8.37. The van der Waals surface area contributed by atoms with Crippen LogP contribution >= 0.6 is 24.8 Å². The van der Waals surface area contributed by atoms with E-state index in [0.717, 1.165) is 12.1 Å². The third-order valence-corrected chi connectivity index (χ3v) is 3.65. The number of pyridine rings is 1. The summed E-state index contributed by atoms with van der Waals surface area (Å²) in [6.45, 7) is 5.87. The molecule has 124 valence electrons. The third kappa shape index (κ3) is 4.32. The van der Waals surface area contributed by atoms with Gasteiger partial charge in [0.05, 0.1) is 12.1 Å². The summed E-state index contributed by atoms with van der Waals surface area (Å²) >= 11 is 0. The molecule has 3 unspecified atom stereocenters. The van der Waals surface area contributed by atoms with E-state index in [9.17, 15) is 4.79 Å². The molecule has 1 amide bonds. The Morgan fingerprint density at radius 1 is 1.32 bits per heavy atom. The molecule has 0 fully saturated rings. The Hall–Kier alpha value is -1.37. The zero-order valence-corrected chi connectivity index (χ0v) is 14.5. The number of carbonyl (C=O) groups is 1. The average Bonchev–Trinajstić information content (AvgIpc) is 2.89. The molecular formula is C14H23Cl2N5O. The lowest BCUT2D eigenvalue weighted by Gasteiger charge is -2.20. The first-order chi connectivity index (χ1) is 9.54. The van der Waals surface area contributed by atoms with Crippen molar-refractivity contribution < 1.29 is 4.79 Å². The highest BCUT2D eigenvalue weighted by Gasteiger charge is 2.23. The number of nitrogens with two attached hydrogens (primary N) is 1. The van der Waals surface area contributed by atoms with E-state index in [-0.39, 0.29) is 42.7 Å². The van der Waals surface area contributed by atoms with Gasteiger partial charge in [0.1, 0.15) is 0 Å². The van der Waals surface area contributed by atoms with Gasteiger partial charge in [0.25, 0.3) is 0 Å². The molecule has 0 saturated carbocycles. The van der Waals surface area contributed by atoms with Crippen molar-refractivity contribution in [1.29, 1.82) is 0 Å². The number of aromatic nitrogens is 3. The highest BCUT2D eigenvalue weighted by atomic mass is 35.5. The molecular weight excluding hydrogens is 325 g/mol. The van der Waals surface area contributed by atoms with Crippen molar-refractivity contribution in [2.75, 3.05) is 0 Å². The lowest BCUT2D eigenvalue weighted by atomic mass is 9.99. The van der Waals surface area contributed by atoms with Gasteiger partial charge in [-0.1, -0.05) is 26.3 Å². The van der Waals surface area contributed by atoms with Crippen molar-refractivity contribution in [2.45, 2.75) is 39.3 Å². The van der Waals surface area contributed by atoms with E-state index in [1.165, 1.54) is 0 Å². The summed E-state index contributed by atoms with van der Waals surface area (Å²) in [5.41, 5.74) is 6.69. The number of hydrogen-bond acceptors (Lipinski definition) is 4. The van der Waals surface area contributed by atoms with Gasteiger partial charge < -0.3 is 11.1 Å². The minimum absolute atomic E-state index is 0. The predicted octanol–water partition coefficient (Wildman–Crippen LogP) is 2.12. The van der Waals surface area contributed by atoms with Crippen LogP contribution < -0.4 is 11.1 Å². The van der Waals surface area contributed by atoms with Gasteiger partial charge in [0.15, 0.2) is 11.5 Å². The fourth-order valence-electron chi connectivity index (χ4n) is 2.04. The topological polar surface area (TPSA) is 85.3 Å². The molecule has 2 heterocycles. The van der Waals surface area contributed by atoms with Crippen molar-refractivity contribution >= 4 is 36.4 Å². The van der Waals surface area contributed by atoms with E-state index in [4.69, 9.17) is 5.73 Å². The zero-order chi connectivity index (χ0) is 14.7. The molecule has 3 atom stereocenters. The smallest absolute Gasteiger partial charge is 0.237 e. The fourth-order valence-corrected chi connectivity index (χ4v) is 2.04. The van der Waals surface area contributed by atoms with E-state index < -0.39 is 6.04 Å². The summed E-state index contributed by atoms with van der Waals surface area (Å²) in [6, 6.07) is 4.93. The molecule has 2 aromatic rings.